The summed E-state index contributed by atoms with van der Waals surface area (Å²) >= 11 is 12.6. The van der Waals surface area contributed by atoms with Gasteiger partial charge in [-0.05, 0) is 55.0 Å². The summed E-state index contributed by atoms with van der Waals surface area (Å²) in [7, 11) is 0. The van der Waals surface area contributed by atoms with Crippen LogP contribution in [0.1, 0.15) is 18.5 Å². The summed E-state index contributed by atoms with van der Waals surface area (Å²) in [4.78, 5) is 18.2. The molecule has 2 N–H and O–H groups in total. The van der Waals surface area contributed by atoms with Crippen molar-refractivity contribution in [3.05, 3.63) is 99.7 Å². The Labute approximate surface area is 189 Å². The Morgan fingerprint density at radius 3 is 2.48 bits per heavy atom. The monoisotopic (exact) mass is 448 g/mol. The third-order valence-corrected chi connectivity index (χ3v) is 5.97. The highest BCUT2D eigenvalue weighted by atomic mass is 35.5. The predicted molar refractivity (Wildman–Crippen MR) is 126 cm³/mol. The first kappa shape index (κ1) is 19.7. The molecule has 154 valence electrons. The molecule has 0 saturated carbocycles. The fourth-order valence-electron chi connectivity index (χ4n) is 3.98. The number of aromatic nitrogens is 2. The number of carbonyl (C=O) groups is 1. The Morgan fingerprint density at radius 1 is 1.00 bits per heavy atom. The first-order valence-corrected chi connectivity index (χ1v) is 10.5. The molecule has 0 unspecified atom stereocenters. The van der Waals surface area contributed by atoms with Crippen LogP contribution in [0, 0.1) is 0 Å². The zero-order valence-corrected chi connectivity index (χ0v) is 18.1. The second-order valence-electron chi connectivity index (χ2n) is 7.34. The van der Waals surface area contributed by atoms with Gasteiger partial charge in [-0.3, -0.25) is 9.36 Å². The van der Waals surface area contributed by atoms with E-state index in [9.17, 15) is 4.79 Å². The van der Waals surface area contributed by atoms with Crippen molar-refractivity contribution in [2.24, 2.45) is 0 Å². The van der Waals surface area contributed by atoms with Crippen LogP contribution >= 0.6 is 23.2 Å². The molecule has 1 aromatic heterocycles. The molecular formula is C24H18Cl2N4O. The lowest BCUT2D eigenvalue weighted by molar-refractivity contribution is -0.113. The van der Waals surface area contributed by atoms with Gasteiger partial charge in [0.05, 0.1) is 22.6 Å². The molecule has 1 aliphatic rings. The van der Waals surface area contributed by atoms with Gasteiger partial charge < -0.3 is 10.6 Å². The molecule has 1 aliphatic heterocycles. The van der Waals surface area contributed by atoms with Crippen LogP contribution in [0.15, 0.2) is 84.1 Å². The van der Waals surface area contributed by atoms with E-state index in [4.69, 9.17) is 28.2 Å². The van der Waals surface area contributed by atoms with E-state index >= 15 is 0 Å². The number of anilines is 2. The number of amides is 1. The minimum atomic E-state index is -0.440. The standard InChI is InChI=1S/C24H18Cl2N4O/c1-14-21(23(31)28-16-12-10-15(25)11-13-16)22(17-6-2-3-7-18(17)26)30-20-9-5-4-8-19(20)29-24(30)27-14/h2-13,22H,1H3,(H,27,29)(H,28,31)/t22-/m1/s1. The molecule has 0 bridgehead atoms. The number of nitrogens with zero attached hydrogens (tertiary/aromatic N) is 2. The first-order chi connectivity index (χ1) is 15.0. The number of fused-ring (bicyclic) bond motifs is 3. The maximum Gasteiger partial charge on any atom is 0.255 e. The van der Waals surface area contributed by atoms with Gasteiger partial charge in [0.15, 0.2) is 0 Å². The number of hydrogen-bond donors (Lipinski definition) is 2. The van der Waals surface area contributed by atoms with E-state index in [0.717, 1.165) is 22.3 Å². The molecule has 0 radical (unpaired) electrons. The Balaban J connectivity index is 1.67. The maximum atomic E-state index is 13.5. The van der Waals surface area contributed by atoms with Crippen molar-refractivity contribution in [3.8, 4) is 0 Å². The average Bonchev–Trinajstić information content (AvgIpc) is 3.12. The highest BCUT2D eigenvalue weighted by Crippen LogP contribution is 2.41. The van der Waals surface area contributed by atoms with Crippen molar-refractivity contribution in [1.82, 2.24) is 9.55 Å². The Morgan fingerprint density at radius 2 is 1.71 bits per heavy atom. The summed E-state index contributed by atoms with van der Waals surface area (Å²) in [6.45, 7) is 1.88. The lowest BCUT2D eigenvalue weighted by Gasteiger charge is -2.31. The van der Waals surface area contributed by atoms with Crippen LogP contribution in [-0.2, 0) is 4.79 Å². The fourth-order valence-corrected chi connectivity index (χ4v) is 4.35. The molecule has 4 aromatic rings. The van der Waals surface area contributed by atoms with Crippen molar-refractivity contribution in [2.45, 2.75) is 13.0 Å². The number of allylic oxidation sites excluding steroid dienone is 1. The summed E-state index contributed by atoms with van der Waals surface area (Å²) in [6, 6.07) is 22.0. The molecule has 0 saturated heterocycles. The normalized spacial score (nSPS) is 15.5. The van der Waals surface area contributed by atoms with Gasteiger partial charge >= 0.3 is 0 Å². The molecular weight excluding hydrogens is 431 g/mol. The number of imidazole rings is 1. The topological polar surface area (TPSA) is 59.0 Å². The highest BCUT2D eigenvalue weighted by molar-refractivity contribution is 6.31. The average molecular weight is 449 g/mol. The third-order valence-electron chi connectivity index (χ3n) is 5.38. The van der Waals surface area contributed by atoms with Gasteiger partial charge in [0.1, 0.15) is 0 Å². The number of hydrogen-bond acceptors (Lipinski definition) is 3. The minimum Gasteiger partial charge on any atom is -0.329 e. The zero-order valence-electron chi connectivity index (χ0n) is 16.6. The maximum absolute atomic E-state index is 13.5. The molecule has 3 aromatic carbocycles. The molecule has 0 aliphatic carbocycles. The van der Waals surface area contributed by atoms with Gasteiger partial charge in [0.2, 0.25) is 5.95 Å². The highest BCUT2D eigenvalue weighted by Gasteiger charge is 2.35. The van der Waals surface area contributed by atoms with E-state index in [1.807, 2.05) is 60.0 Å². The molecule has 5 nitrogen and oxygen atoms in total. The van der Waals surface area contributed by atoms with Crippen molar-refractivity contribution in [3.63, 3.8) is 0 Å². The van der Waals surface area contributed by atoms with E-state index < -0.39 is 6.04 Å². The number of para-hydroxylation sites is 2. The molecule has 31 heavy (non-hydrogen) atoms. The van der Waals surface area contributed by atoms with E-state index in [0.29, 0.717) is 27.3 Å². The number of rotatable bonds is 3. The van der Waals surface area contributed by atoms with Crippen LogP contribution in [0.5, 0.6) is 0 Å². The van der Waals surface area contributed by atoms with Gasteiger partial charge in [-0.2, -0.15) is 0 Å². The Hall–Kier alpha value is -3.28. The Kier molecular flexibility index (Phi) is 4.93. The smallest absolute Gasteiger partial charge is 0.255 e. The summed E-state index contributed by atoms with van der Waals surface area (Å²) in [5.74, 6) is 0.451. The van der Waals surface area contributed by atoms with Crippen LogP contribution in [0.2, 0.25) is 10.0 Å². The Bertz CT molecular complexity index is 1340. The van der Waals surface area contributed by atoms with Crippen LogP contribution < -0.4 is 10.6 Å². The van der Waals surface area contributed by atoms with Crippen molar-refractivity contribution >= 4 is 51.8 Å². The summed E-state index contributed by atoms with van der Waals surface area (Å²) in [6.07, 6.45) is 0. The van der Waals surface area contributed by atoms with Crippen molar-refractivity contribution < 1.29 is 4.79 Å². The van der Waals surface area contributed by atoms with Crippen LogP contribution in [0.25, 0.3) is 11.0 Å². The summed E-state index contributed by atoms with van der Waals surface area (Å²) in [5, 5.41) is 7.48. The molecule has 1 amide bonds. The second-order valence-corrected chi connectivity index (χ2v) is 8.19. The van der Waals surface area contributed by atoms with E-state index in [2.05, 4.69) is 10.6 Å². The number of carbonyl (C=O) groups excluding carboxylic acids is 1. The quantitative estimate of drug-likeness (QED) is 0.388. The number of halogens is 2. The summed E-state index contributed by atoms with van der Waals surface area (Å²) in [5.41, 5.74) is 4.54. The van der Waals surface area contributed by atoms with Crippen LogP contribution in [-0.4, -0.2) is 15.5 Å². The van der Waals surface area contributed by atoms with Crippen molar-refractivity contribution in [1.29, 1.82) is 0 Å². The van der Waals surface area contributed by atoms with E-state index in [-0.39, 0.29) is 5.91 Å². The third kappa shape index (κ3) is 3.46. The van der Waals surface area contributed by atoms with Crippen molar-refractivity contribution in [2.75, 3.05) is 10.6 Å². The van der Waals surface area contributed by atoms with Crippen LogP contribution in [0.3, 0.4) is 0 Å². The molecule has 5 rings (SSSR count). The second kappa shape index (κ2) is 7.76. The minimum absolute atomic E-state index is 0.222. The van der Waals surface area contributed by atoms with Gasteiger partial charge in [0, 0.05) is 21.4 Å². The lowest BCUT2D eigenvalue weighted by atomic mass is 9.94. The lowest BCUT2D eigenvalue weighted by Crippen LogP contribution is -2.31. The van der Waals surface area contributed by atoms with Gasteiger partial charge in [-0.1, -0.05) is 53.5 Å². The number of nitrogens with one attached hydrogen (secondary N) is 2. The summed E-state index contributed by atoms with van der Waals surface area (Å²) < 4.78 is 2.03. The molecule has 1 atom stereocenters. The van der Waals surface area contributed by atoms with E-state index in [1.165, 1.54) is 0 Å². The molecule has 2 heterocycles. The predicted octanol–water partition coefficient (Wildman–Crippen LogP) is 6.27. The molecule has 0 spiro atoms. The number of benzene rings is 3. The van der Waals surface area contributed by atoms with Crippen LogP contribution in [0.4, 0.5) is 11.6 Å². The van der Waals surface area contributed by atoms with Gasteiger partial charge in [0.25, 0.3) is 5.91 Å². The SMILES string of the molecule is CC1=C(C(=O)Nc2ccc(Cl)cc2)[C@@H](c2ccccc2Cl)n2c(nc3ccccc32)N1. The van der Waals surface area contributed by atoms with E-state index in [1.54, 1.807) is 24.3 Å². The van der Waals surface area contributed by atoms with Gasteiger partial charge in [-0.15, -0.1) is 0 Å². The fraction of sp³-hybridized carbons (Fsp3) is 0.0833. The first-order valence-electron chi connectivity index (χ1n) is 9.79. The molecule has 7 heteroatoms. The van der Waals surface area contributed by atoms with Gasteiger partial charge in [-0.25, -0.2) is 4.98 Å². The zero-order chi connectivity index (χ0) is 21.5. The molecule has 0 fully saturated rings. The largest absolute Gasteiger partial charge is 0.329 e.